The van der Waals surface area contributed by atoms with Gasteiger partial charge in [0.25, 0.3) is 0 Å². The van der Waals surface area contributed by atoms with E-state index >= 15 is 0 Å². The van der Waals surface area contributed by atoms with E-state index in [1.807, 2.05) is 0 Å². The van der Waals surface area contributed by atoms with E-state index in [-0.39, 0.29) is 0 Å². The first kappa shape index (κ1) is 9.65. The number of rotatable bonds is 3. The zero-order valence-corrected chi connectivity index (χ0v) is 4.96. The summed E-state index contributed by atoms with van der Waals surface area (Å²) in [6.07, 6.45) is -6.00. The van der Waals surface area contributed by atoms with Crippen molar-refractivity contribution in [3.8, 4) is 0 Å². The van der Waals surface area contributed by atoms with Crippen LogP contribution in [0.3, 0.4) is 0 Å². The molecule has 0 aliphatic carbocycles. The van der Waals surface area contributed by atoms with Gasteiger partial charge in [0.1, 0.15) is 6.67 Å². The van der Waals surface area contributed by atoms with E-state index in [0.717, 1.165) is 0 Å². The van der Waals surface area contributed by atoms with Gasteiger partial charge in [-0.2, -0.15) is 0 Å². The van der Waals surface area contributed by atoms with Gasteiger partial charge in [0.15, 0.2) is 12.3 Å². The van der Waals surface area contributed by atoms with Gasteiger partial charge in [0.05, 0.1) is 0 Å². The summed E-state index contributed by atoms with van der Waals surface area (Å²) in [5, 5.41) is 0. The predicted octanol–water partition coefficient (Wildman–Crippen LogP) is 2.10. The molecule has 0 spiro atoms. The summed E-state index contributed by atoms with van der Waals surface area (Å²) in [5.74, 6) is -4.31. The van der Waals surface area contributed by atoms with Gasteiger partial charge in [-0.05, 0) is 6.92 Å². The van der Waals surface area contributed by atoms with Crippen molar-refractivity contribution in [2.45, 2.75) is 18.3 Å². The Morgan fingerprint density at radius 3 is 1.80 bits per heavy atom. The first-order valence-corrected chi connectivity index (χ1v) is 2.48. The third-order valence-corrected chi connectivity index (χ3v) is 0.971. The highest BCUT2D eigenvalue weighted by molar-refractivity contribution is 4.85. The lowest BCUT2D eigenvalue weighted by molar-refractivity contribution is -0.118. The van der Waals surface area contributed by atoms with Gasteiger partial charge in [-0.15, -0.1) is 0 Å². The normalized spacial score (nSPS) is 18.6. The van der Waals surface area contributed by atoms with Crippen LogP contribution in [0, 0.1) is 6.92 Å². The molecule has 0 amide bonds. The second kappa shape index (κ2) is 3.16. The molecule has 0 nitrogen and oxygen atoms in total. The van der Waals surface area contributed by atoms with Gasteiger partial charge >= 0.3 is 5.92 Å². The number of hydrogen-bond acceptors (Lipinski definition) is 0. The molecule has 0 saturated heterocycles. The summed E-state index contributed by atoms with van der Waals surface area (Å²) < 4.78 is 58.4. The van der Waals surface area contributed by atoms with E-state index in [0.29, 0.717) is 0 Å². The van der Waals surface area contributed by atoms with Crippen molar-refractivity contribution in [1.29, 1.82) is 0 Å². The Morgan fingerprint density at radius 2 is 1.70 bits per heavy atom. The quantitative estimate of drug-likeness (QED) is 0.556. The summed E-state index contributed by atoms with van der Waals surface area (Å²) >= 11 is 0. The minimum Gasteiger partial charge on any atom is -0.248 e. The minimum atomic E-state index is -4.31. The molecule has 0 heterocycles. The van der Waals surface area contributed by atoms with Gasteiger partial charge in [0, 0.05) is 0 Å². The Kier molecular flexibility index (Phi) is 3.05. The Morgan fingerprint density at radius 1 is 1.30 bits per heavy atom. The molecule has 0 aromatic heterocycles. The summed E-state index contributed by atoms with van der Waals surface area (Å²) in [7, 11) is 0. The molecule has 0 aromatic carbocycles. The van der Waals surface area contributed by atoms with Crippen molar-refractivity contribution < 1.29 is 22.0 Å². The van der Waals surface area contributed by atoms with Crippen molar-refractivity contribution in [1.82, 2.24) is 0 Å². The standard InChI is InChI=1S/C5H6F5/c1-3(7)5(9,10)4(8)2-6/h3-4H,1-2H2. The fourth-order valence-electron chi connectivity index (χ4n) is 0.299. The van der Waals surface area contributed by atoms with Crippen LogP contribution in [0.2, 0.25) is 0 Å². The Bertz CT molecular complexity index is 100. The first-order valence-electron chi connectivity index (χ1n) is 2.48. The van der Waals surface area contributed by atoms with Crippen LogP contribution < -0.4 is 0 Å². The van der Waals surface area contributed by atoms with Crippen molar-refractivity contribution >= 4 is 0 Å². The molecule has 10 heavy (non-hydrogen) atoms. The lowest BCUT2D eigenvalue weighted by atomic mass is 10.1. The zero-order chi connectivity index (χ0) is 8.36. The molecule has 0 bridgehead atoms. The largest absolute Gasteiger partial charge is 0.311 e. The Labute approximate surface area is 55.0 Å². The average molecular weight is 161 g/mol. The maximum absolute atomic E-state index is 11.9. The van der Waals surface area contributed by atoms with E-state index in [2.05, 4.69) is 6.92 Å². The van der Waals surface area contributed by atoms with Crippen molar-refractivity contribution in [3.05, 3.63) is 6.92 Å². The average Bonchev–Trinajstić information content (AvgIpc) is 1.86. The van der Waals surface area contributed by atoms with Crippen molar-refractivity contribution in [3.63, 3.8) is 0 Å². The molecule has 1 radical (unpaired) electrons. The van der Waals surface area contributed by atoms with Crippen molar-refractivity contribution in [2.75, 3.05) is 6.67 Å². The van der Waals surface area contributed by atoms with E-state index in [1.54, 1.807) is 0 Å². The molecule has 61 valence electrons. The third kappa shape index (κ3) is 1.82. The third-order valence-electron chi connectivity index (χ3n) is 0.971. The van der Waals surface area contributed by atoms with Crippen LogP contribution in [0.15, 0.2) is 0 Å². The predicted molar refractivity (Wildman–Crippen MR) is 26.1 cm³/mol. The van der Waals surface area contributed by atoms with E-state index < -0.39 is 24.9 Å². The van der Waals surface area contributed by atoms with E-state index in [1.165, 1.54) is 0 Å². The molecule has 0 saturated carbocycles. The smallest absolute Gasteiger partial charge is 0.248 e. The van der Waals surface area contributed by atoms with Gasteiger partial charge in [-0.3, -0.25) is 0 Å². The number of hydrogen-bond donors (Lipinski definition) is 0. The Hall–Kier alpha value is -0.350. The van der Waals surface area contributed by atoms with Crippen LogP contribution in [0.5, 0.6) is 0 Å². The maximum atomic E-state index is 11.9. The van der Waals surface area contributed by atoms with Crippen LogP contribution >= 0.6 is 0 Å². The van der Waals surface area contributed by atoms with Gasteiger partial charge in [-0.1, -0.05) is 0 Å². The lowest BCUT2D eigenvalue weighted by Crippen LogP contribution is -2.39. The SMILES string of the molecule is [CH2]C(F)C(F)(F)C(F)CF. The second-order valence-corrected chi connectivity index (χ2v) is 1.76. The molecule has 0 N–H and O–H groups in total. The van der Waals surface area contributed by atoms with Crippen LogP contribution in [0.25, 0.3) is 0 Å². The molecule has 0 rings (SSSR count). The second-order valence-electron chi connectivity index (χ2n) is 1.76. The molecule has 0 aliphatic rings. The summed E-state index contributed by atoms with van der Waals surface area (Å²) in [6, 6.07) is 0. The summed E-state index contributed by atoms with van der Waals surface area (Å²) in [6.45, 7) is 0.356. The van der Waals surface area contributed by atoms with Crippen LogP contribution in [-0.2, 0) is 0 Å². The van der Waals surface area contributed by atoms with Crippen LogP contribution in [0.4, 0.5) is 22.0 Å². The topological polar surface area (TPSA) is 0 Å². The first-order chi connectivity index (χ1) is 4.42. The molecule has 5 heteroatoms. The van der Waals surface area contributed by atoms with Gasteiger partial charge < -0.3 is 0 Å². The van der Waals surface area contributed by atoms with Crippen LogP contribution in [0.1, 0.15) is 0 Å². The molecule has 2 atom stereocenters. The van der Waals surface area contributed by atoms with Gasteiger partial charge in [0.2, 0.25) is 0 Å². The van der Waals surface area contributed by atoms with Gasteiger partial charge in [-0.25, -0.2) is 22.0 Å². The molecular formula is C5H6F5. The lowest BCUT2D eigenvalue weighted by Gasteiger charge is -2.18. The molecule has 0 aromatic rings. The molecule has 0 fully saturated rings. The minimum absolute atomic E-state index is 1.90. The van der Waals surface area contributed by atoms with Crippen molar-refractivity contribution in [2.24, 2.45) is 0 Å². The maximum Gasteiger partial charge on any atom is 0.311 e. The van der Waals surface area contributed by atoms with Crippen LogP contribution in [-0.4, -0.2) is 24.9 Å². The number of alkyl halides is 5. The fourth-order valence-corrected chi connectivity index (χ4v) is 0.299. The molecule has 0 aliphatic heterocycles. The monoisotopic (exact) mass is 161 g/mol. The number of halogens is 5. The molecule has 2 unspecified atom stereocenters. The summed E-state index contributed by atoms with van der Waals surface area (Å²) in [5.41, 5.74) is 0. The summed E-state index contributed by atoms with van der Waals surface area (Å²) in [4.78, 5) is 0. The van der Waals surface area contributed by atoms with E-state index in [9.17, 15) is 22.0 Å². The zero-order valence-electron chi connectivity index (χ0n) is 4.96. The fraction of sp³-hybridized carbons (Fsp3) is 0.800. The highest BCUT2D eigenvalue weighted by Crippen LogP contribution is 2.27. The highest BCUT2D eigenvalue weighted by atomic mass is 19.3. The van der Waals surface area contributed by atoms with E-state index in [4.69, 9.17) is 0 Å². The Balaban J connectivity index is 4.09. The molecular weight excluding hydrogens is 155 g/mol. The highest BCUT2D eigenvalue weighted by Gasteiger charge is 2.46.